The van der Waals surface area contributed by atoms with Crippen LogP contribution in [-0.2, 0) is 0 Å². The number of hydrogen-bond donors (Lipinski definition) is 0. The van der Waals surface area contributed by atoms with E-state index in [2.05, 4.69) is 110 Å². The van der Waals surface area contributed by atoms with E-state index in [1.165, 1.54) is 53.7 Å². The summed E-state index contributed by atoms with van der Waals surface area (Å²) in [7, 11) is 0. The van der Waals surface area contributed by atoms with E-state index in [4.69, 9.17) is 4.98 Å². The highest BCUT2D eigenvalue weighted by atomic mass is 32.1. The molecule has 0 radical (unpaired) electrons. The molecular formula is C32H23NS. The molecule has 1 heterocycles. The highest BCUT2D eigenvalue weighted by Crippen LogP contribution is 2.34. The van der Waals surface area contributed by atoms with Gasteiger partial charge in [0, 0.05) is 11.5 Å². The molecule has 0 N–H and O–H groups in total. The molecule has 1 unspecified atom stereocenters. The van der Waals surface area contributed by atoms with Gasteiger partial charge in [-0.3, -0.25) is 0 Å². The second-order valence-electron chi connectivity index (χ2n) is 9.28. The average molecular weight is 454 g/mol. The minimum atomic E-state index is 0.511. The molecule has 0 fully saturated rings. The summed E-state index contributed by atoms with van der Waals surface area (Å²) in [5, 5.41) is 6.42. The normalized spacial score (nSPS) is 16.5. The largest absolute Gasteiger partial charge is 0.236 e. The lowest BCUT2D eigenvalue weighted by molar-refractivity contribution is 0.864. The first-order valence-electron chi connectivity index (χ1n) is 11.8. The van der Waals surface area contributed by atoms with Crippen LogP contribution < -0.4 is 10.4 Å². The summed E-state index contributed by atoms with van der Waals surface area (Å²) in [6, 6.07) is 26.8. The number of rotatable bonds is 2. The Hall–Kier alpha value is -3.75. The zero-order valence-electron chi connectivity index (χ0n) is 19.0. The van der Waals surface area contributed by atoms with Crippen LogP contribution in [0.1, 0.15) is 12.0 Å². The van der Waals surface area contributed by atoms with E-state index in [0.29, 0.717) is 5.92 Å². The van der Waals surface area contributed by atoms with Crippen molar-refractivity contribution in [2.45, 2.75) is 13.3 Å². The fourth-order valence-corrected chi connectivity index (χ4v) is 6.36. The molecule has 34 heavy (non-hydrogen) atoms. The maximum absolute atomic E-state index is 4.86. The Morgan fingerprint density at radius 3 is 2.68 bits per heavy atom. The Bertz CT molecular complexity index is 1780. The van der Waals surface area contributed by atoms with Crippen LogP contribution in [0, 0.1) is 12.8 Å². The van der Waals surface area contributed by atoms with Gasteiger partial charge in [-0.2, -0.15) is 0 Å². The first-order valence-corrected chi connectivity index (χ1v) is 12.6. The summed E-state index contributed by atoms with van der Waals surface area (Å²) < 4.78 is 1.25. The molecule has 5 aromatic rings. The zero-order chi connectivity index (χ0) is 22.6. The van der Waals surface area contributed by atoms with Crippen molar-refractivity contribution < 1.29 is 0 Å². The van der Waals surface area contributed by atoms with Gasteiger partial charge in [-0.15, -0.1) is 11.3 Å². The summed E-state index contributed by atoms with van der Waals surface area (Å²) >= 11 is 1.77. The first kappa shape index (κ1) is 19.7. The second-order valence-corrected chi connectivity index (χ2v) is 10.3. The number of hydrogen-bond acceptors (Lipinski definition) is 2. The predicted octanol–water partition coefficient (Wildman–Crippen LogP) is 7.17. The van der Waals surface area contributed by atoms with Crippen molar-refractivity contribution in [3.05, 3.63) is 113 Å². The fourth-order valence-electron chi connectivity index (χ4n) is 5.29. The van der Waals surface area contributed by atoms with E-state index in [-0.39, 0.29) is 0 Å². The van der Waals surface area contributed by atoms with Gasteiger partial charge in [0.05, 0.1) is 10.2 Å². The van der Waals surface area contributed by atoms with Crippen LogP contribution in [0.4, 0.5) is 0 Å². The number of aromatic nitrogens is 1. The van der Waals surface area contributed by atoms with Gasteiger partial charge < -0.3 is 0 Å². The summed E-state index contributed by atoms with van der Waals surface area (Å²) in [6.07, 6.45) is 12.4. The van der Waals surface area contributed by atoms with Gasteiger partial charge >= 0.3 is 0 Å². The Balaban J connectivity index is 1.33. The summed E-state index contributed by atoms with van der Waals surface area (Å²) in [6.45, 7) is 2.13. The van der Waals surface area contributed by atoms with Crippen molar-refractivity contribution in [3.63, 3.8) is 0 Å². The molecule has 0 bridgehead atoms. The van der Waals surface area contributed by atoms with Gasteiger partial charge in [-0.1, -0.05) is 78.9 Å². The fraction of sp³-hybridized carbons (Fsp3) is 0.0938. The van der Waals surface area contributed by atoms with E-state index >= 15 is 0 Å². The van der Waals surface area contributed by atoms with Crippen LogP contribution >= 0.6 is 11.3 Å². The summed E-state index contributed by atoms with van der Waals surface area (Å²) in [5.41, 5.74) is 7.50. The number of aryl methyl sites for hydroxylation is 1. The maximum Gasteiger partial charge on any atom is 0.124 e. The van der Waals surface area contributed by atoms with E-state index in [9.17, 15) is 0 Å². The third kappa shape index (κ3) is 3.18. The highest BCUT2D eigenvalue weighted by Gasteiger charge is 2.16. The van der Waals surface area contributed by atoms with Gasteiger partial charge in [0.25, 0.3) is 0 Å². The van der Waals surface area contributed by atoms with Gasteiger partial charge in [-0.05, 0) is 81.1 Å². The Labute approximate surface area is 202 Å². The van der Waals surface area contributed by atoms with Crippen LogP contribution in [-0.4, -0.2) is 4.98 Å². The molecule has 1 nitrogen and oxygen atoms in total. The molecule has 0 aliphatic heterocycles. The molecule has 0 saturated carbocycles. The van der Waals surface area contributed by atoms with Crippen molar-refractivity contribution >= 4 is 44.0 Å². The van der Waals surface area contributed by atoms with Crippen molar-refractivity contribution in [1.29, 1.82) is 0 Å². The molecule has 162 valence electrons. The topological polar surface area (TPSA) is 12.9 Å². The number of allylic oxidation sites excluding steroid dienone is 4. The summed E-state index contributed by atoms with van der Waals surface area (Å²) in [5.74, 6) is 0.511. The first-order chi connectivity index (χ1) is 16.7. The Morgan fingerprint density at radius 1 is 0.882 bits per heavy atom. The molecule has 4 aromatic carbocycles. The van der Waals surface area contributed by atoms with Crippen LogP contribution in [0.15, 0.2) is 97.1 Å². The van der Waals surface area contributed by atoms with Crippen LogP contribution in [0.2, 0.25) is 0 Å². The van der Waals surface area contributed by atoms with E-state index in [0.717, 1.165) is 16.9 Å². The average Bonchev–Trinajstić information content (AvgIpc) is 3.30. The van der Waals surface area contributed by atoms with Crippen molar-refractivity contribution in [1.82, 2.24) is 4.98 Å². The second kappa shape index (κ2) is 7.65. The lowest BCUT2D eigenvalue weighted by Gasteiger charge is -2.20. The molecule has 0 amide bonds. The molecule has 0 saturated heterocycles. The minimum Gasteiger partial charge on any atom is -0.236 e. The van der Waals surface area contributed by atoms with E-state index in [1.807, 2.05) is 0 Å². The van der Waals surface area contributed by atoms with Crippen molar-refractivity contribution in [2.75, 3.05) is 0 Å². The van der Waals surface area contributed by atoms with Crippen molar-refractivity contribution in [2.24, 2.45) is 5.92 Å². The highest BCUT2D eigenvalue weighted by molar-refractivity contribution is 7.21. The van der Waals surface area contributed by atoms with Gasteiger partial charge in [0.15, 0.2) is 0 Å². The zero-order valence-corrected chi connectivity index (χ0v) is 19.8. The molecule has 2 aliphatic carbocycles. The maximum atomic E-state index is 4.86. The van der Waals surface area contributed by atoms with Crippen molar-refractivity contribution in [3.8, 4) is 21.7 Å². The van der Waals surface area contributed by atoms with Crippen LogP contribution in [0.3, 0.4) is 0 Å². The Kier molecular flexibility index (Phi) is 4.43. The number of benzene rings is 4. The standard InChI is InChI=1S/C32H23NS/c1-20-9-16-30-31(17-20)34-32(33-30)23-13-10-22(11-14-23)27-8-4-6-24-18-29-25(19-28(24)27)15-12-21-5-2-3-7-26(21)29/h2-11,13-19,21H,12H2,1H3. The lowest BCUT2D eigenvalue weighted by Crippen LogP contribution is -2.32. The van der Waals surface area contributed by atoms with Gasteiger partial charge in [-0.25, -0.2) is 4.98 Å². The summed E-state index contributed by atoms with van der Waals surface area (Å²) in [4.78, 5) is 4.86. The van der Waals surface area contributed by atoms with Crippen LogP contribution in [0.5, 0.6) is 0 Å². The Morgan fingerprint density at radius 2 is 1.76 bits per heavy atom. The third-order valence-electron chi connectivity index (χ3n) is 7.07. The molecule has 2 heteroatoms. The minimum absolute atomic E-state index is 0.511. The predicted molar refractivity (Wildman–Crippen MR) is 146 cm³/mol. The number of thiazole rings is 1. The molecule has 2 aliphatic rings. The lowest BCUT2D eigenvalue weighted by atomic mass is 9.84. The molecule has 0 spiro atoms. The molecule has 1 aromatic heterocycles. The number of fused-ring (bicyclic) bond motifs is 4. The van der Waals surface area contributed by atoms with E-state index in [1.54, 1.807) is 11.3 Å². The third-order valence-corrected chi connectivity index (χ3v) is 8.14. The van der Waals surface area contributed by atoms with Gasteiger partial charge in [0.1, 0.15) is 5.01 Å². The SMILES string of the molecule is Cc1ccc2nc(-c3ccc(-c4cccc5cc6c(cc45)=CCC4C=CC=CC=64)cc3)sc2c1. The monoisotopic (exact) mass is 453 g/mol. The quantitative estimate of drug-likeness (QED) is 0.276. The molecular weight excluding hydrogens is 430 g/mol. The number of nitrogens with zero attached hydrogens (tertiary/aromatic N) is 1. The molecule has 1 atom stereocenters. The van der Waals surface area contributed by atoms with E-state index < -0.39 is 0 Å². The van der Waals surface area contributed by atoms with Crippen LogP contribution in [0.25, 0.3) is 54.3 Å². The smallest absolute Gasteiger partial charge is 0.124 e. The van der Waals surface area contributed by atoms with Gasteiger partial charge in [0.2, 0.25) is 0 Å². The molecule has 7 rings (SSSR count).